The van der Waals surface area contributed by atoms with Gasteiger partial charge in [-0.1, -0.05) is 0 Å². The van der Waals surface area contributed by atoms with Crippen LogP contribution in [-0.2, 0) is 0 Å². The second kappa shape index (κ2) is 4.76. The standard InChI is InChI=1S/C12H13F3N4S/c13-12(14,15)7-2-1-4-19(6-7)9-8-3-5-20-10(8)18-11(16)17-9/h3,5,7H,1-2,4,6H2,(H2,16,17,18). The van der Waals surface area contributed by atoms with E-state index in [-0.39, 0.29) is 18.9 Å². The van der Waals surface area contributed by atoms with Crippen LogP contribution in [0.1, 0.15) is 12.8 Å². The summed E-state index contributed by atoms with van der Waals surface area (Å²) in [6.07, 6.45) is -3.49. The van der Waals surface area contributed by atoms with Crippen molar-refractivity contribution in [2.24, 2.45) is 5.92 Å². The molecule has 2 aromatic rings. The number of nitrogens with two attached hydrogens (primary N) is 1. The molecule has 1 aliphatic heterocycles. The highest BCUT2D eigenvalue weighted by Crippen LogP contribution is 2.36. The molecule has 0 radical (unpaired) electrons. The molecule has 108 valence electrons. The summed E-state index contributed by atoms with van der Waals surface area (Å²) in [6, 6.07) is 1.83. The van der Waals surface area contributed by atoms with Gasteiger partial charge in [-0.2, -0.15) is 18.2 Å². The molecule has 3 rings (SSSR count). The van der Waals surface area contributed by atoms with E-state index in [1.165, 1.54) is 11.3 Å². The van der Waals surface area contributed by atoms with Crippen LogP contribution in [0.4, 0.5) is 24.9 Å². The van der Waals surface area contributed by atoms with Crippen molar-refractivity contribution >= 4 is 33.3 Å². The van der Waals surface area contributed by atoms with Crippen LogP contribution in [0.5, 0.6) is 0 Å². The van der Waals surface area contributed by atoms with Crippen molar-refractivity contribution in [3.05, 3.63) is 11.4 Å². The van der Waals surface area contributed by atoms with Gasteiger partial charge in [0.15, 0.2) is 0 Å². The minimum atomic E-state index is -4.16. The van der Waals surface area contributed by atoms with Crippen LogP contribution in [0.15, 0.2) is 11.4 Å². The molecule has 1 atom stereocenters. The molecule has 0 aliphatic carbocycles. The van der Waals surface area contributed by atoms with Gasteiger partial charge in [0.1, 0.15) is 10.6 Å². The van der Waals surface area contributed by atoms with Gasteiger partial charge in [0, 0.05) is 13.1 Å². The van der Waals surface area contributed by atoms with Crippen molar-refractivity contribution in [1.29, 1.82) is 0 Å². The van der Waals surface area contributed by atoms with Crippen molar-refractivity contribution in [1.82, 2.24) is 9.97 Å². The van der Waals surface area contributed by atoms with Crippen LogP contribution >= 0.6 is 11.3 Å². The summed E-state index contributed by atoms with van der Waals surface area (Å²) in [6.45, 7) is 0.499. The van der Waals surface area contributed by atoms with E-state index in [1.54, 1.807) is 4.90 Å². The molecular formula is C12H13F3N4S. The molecule has 2 aromatic heterocycles. The highest BCUT2D eigenvalue weighted by atomic mass is 32.1. The third kappa shape index (κ3) is 2.39. The number of anilines is 2. The van der Waals surface area contributed by atoms with Gasteiger partial charge < -0.3 is 10.6 Å². The third-order valence-electron chi connectivity index (χ3n) is 3.51. The van der Waals surface area contributed by atoms with Crippen LogP contribution in [0.2, 0.25) is 0 Å². The molecule has 20 heavy (non-hydrogen) atoms. The first-order valence-electron chi connectivity index (χ1n) is 6.27. The van der Waals surface area contributed by atoms with Gasteiger partial charge >= 0.3 is 6.18 Å². The van der Waals surface area contributed by atoms with Crippen LogP contribution in [0.3, 0.4) is 0 Å². The average molecular weight is 302 g/mol. The lowest BCUT2D eigenvalue weighted by atomic mass is 9.97. The Morgan fingerprint density at radius 1 is 1.35 bits per heavy atom. The summed E-state index contributed by atoms with van der Waals surface area (Å²) in [5, 5.41) is 2.61. The Balaban J connectivity index is 1.96. The van der Waals surface area contributed by atoms with E-state index in [2.05, 4.69) is 9.97 Å². The topological polar surface area (TPSA) is 55.0 Å². The van der Waals surface area contributed by atoms with E-state index < -0.39 is 12.1 Å². The molecular weight excluding hydrogens is 289 g/mol. The number of rotatable bonds is 1. The maximum Gasteiger partial charge on any atom is 0.393 e. The Morgan fingerprint density at radius 3 is 2.90 bits per heavy atom. The largest absolute Gasteiger partial charge is 0.393 e. The van der Waals surface area contributed by atoms with Gasteiger partial charge in [0.25, 0.3) is 0 Å². The summed E-state index contributed by atoms with van der Waals surface area (Å²) < 4.78 is 38.6. The number of piperidine rings is 1. The fraction of sp³-hybridized carbons (Fsp3) is 0.500. The molecule has 1 aliphatic rings. The number of nitrogens with zero attached hydrogens (tertiary/aromatic N) is 3. The molecule has 1 saturated heterocycles. The smallest absolute Gasteiger partial charge is 0.368 e. The average Bonchev–Trinajstić information content (AvgIpc) is 2.85. The molecule has 1 fully saturated rings. The van der Waals surface area contributed by atoms with Crippen molar-refractivity contribution < 1.29 is 13.2 Å². The van der Waals surface area contributed by atoms with Crippen LogP contribution in [0.25, 0.3) is 10.2 Å². The maximum absolute atomic E-state index is 12.9. The number of thiophene rings is 1. The van der Waals surface area contributed by atoms with Gasteiger partial charge in [-0.15, -0.1) is 11.3 Å². The maximum atomic E-state index is 12.9. The Kier molecular flexibility index (Phi) is 3.19. The van der Waals surface area contributed by atoms with Gasteiger partial charge in [-0.25, -0.2) is 4.98 Å². The van der Waals surface area contributed by atoms with Crippen molar-refractivity contribution in [3.63, 3.8) is 0 Å². The van der Waals surface area contributed by atoms with E-state index in [0.717, 1.165) is 5.39 Å². The zero-order valence-corrected chi connectivity index (χ0v) is 11.3. The van der Waals surface area contributed by atoms with Crippen LogP contribution < -0.4 is 10.6 Å². The highest BCUT2D eigenvalue weighted by molar-refractivity contribution is 7.16. The van der Waals surface area contributed by atoms with Crippen LogP contribution in [0, 0.1) is 5.92 Å². The number of fused-ring (bicyclic) bond motifs is 1. The second-order valence-corrected chi connectivity index (χ2v) is 5.77. The number of halogens is 3. The molecule has 8 heteroatoms. The Morgan fingerprint density at radius 2 is 2.15 bits per heavy atom. The monoisotopic (exact) mass is 302 g/mol. The van der Waals surface area contributed by atoms with E-state index in [1.807, 2.05) is 11.4 Å². The number of nitrogen functional groups attached to an aromatic ring is 1. The van der Waals surface area contributed by atoms with Crippen LogP contribution in [-0.4, -0.2) is 29.2 Å². The fourth-order valence-corrected chi connectivity index (χ4v) is 3.30. The summed E-state index contributed by atoms with van der Waals surface area (Å²) in [5.74, 6) is -0.687. The Bertz CT molecular complexity index is 625. The molecule has 3 heterocycles. The third-order valence-corrected chi connectivity index (χ3v) is 4.31. The zero-order valence-electron chi connectivity index (χ0n) is 10.5. The lowest BCUT2D eigenvalue weighted by Crippen LogP contribution is -2.42. The van der Waals surface area contributed by atoms with Gasteiger partial charge in [-0.3, -0.25) is 0 Å². The molecule has 4 nitrogen and oxygen atoms in total. The van der Waals surface area contributed by atoms with Crippen molar-refractivity contribution in [3.8, 4) is 0 Å². The Labute approximate surface area is 117 Å². The number of hydrogen-bond donors (Lipinski definition) is 1. The zero-order chi connectivity index (χ0) is 14.3. The lowest BCUT2D eigenvalue weighted by molar-refractivity contribution is -0.176. The van der Waals surface area contributed by atoms with E-state index in [9.17, 15) is 13.2 Å². The quantitative estimate of drug-likeness (QED) is 0.879. The summed E-state index contributed by atoms with van der Waals surface area (Å²) in [5.41, 5.74) is 5.65. The molecule has 0 saturated carbocycles. The van der Waals surface area contributed by atoms with Gasteiger partial charge in [0.05, 0.1) is 11.3 Å². The molecule has 0 spiro atoms. The minimum absolute atomic E-state index is 0.0646. The van der Waals surface area contributed by atoms with E-state index in [0.29, 0.717) is 23.6 Å². The minimum Gasteiger partial charge on any atom is -0.368 e. The molecule has 2 N–H and O–H groups in total. The molecule has 0 aromatic carbocycles. The normalized spacial score (nSPS) is 20.6. The lowest BCUT2D eigenvalue weighted by Gasteiger charge is -2.34. The molecule has 1 unspecified atom stereocenters. The predicted octanol–water partition coefficient (Wildman–Crippen LogP) is 3.05. The summed E-state index contributed by atoms with van der Waals surface area (Å²) >= 11 is 1.41. The summed E-state index contributed by atoms with van der Waals surface area (Å²) in [4.78, 5) is 10.6. The second-order valence-electron chi connectivity index (χ2n) is 4.87. The fourth-order valence-electron chi connectivity index (χ4n) is 2.53. The number of aromatic nitrogens is 2. The van der Waals surface area contributed by atoms with Crippen molar-refractivity contribution in [2.45, 2.75) is 19.0 Å². The SMILES string of the molecule is Nc1nc(N2CCCC(C(F)(F)F)C2)c2ccsc2n1. The number of hydrogen-bond acceptors (Lipinski definition) is 5. The molecule has 0 bridgehead atoms. The highest BCUT2D eigenvalue weighted by Gasteiger charge is 2.42. The van der Waals surface area contributed by atoms with Gasteiger partial charge in [0.2, 0.25) is 5.95 Å². The first kappa shape index (κ1) is 13.4. The Hall–Kier alpha value is -1.57. The summed E-state index contributed by atoms with van der Waals surface area (Å²) in [7, 11) is 0. The first-order chi connectivity index (χ1) is 9.45. The molecule has 0 amide bonds. The number of alkyl halides is 3. The van der Waals surface area contributed by atoms with Crippen molar-refractivity contribution in [2.75, 3.05) is 23.7 Å². The van der Waals surface area contributed by atoms with Gasteiger partial charge in [-0.05, 0) is 24.3 Å². The van der Waals surface area contributed by atoms with E-state index >= 15 is 0 Å². The predicted molar refractivity (Wildman–Crippen MR) is 72.8 cm³/mol. The van der Waals surface area contributed by atoms with E-state index in [4.69, 9.17) is 5.73 Å². The first-order valence-corrected chi connectivity index (χ1v) is 7.15.